The van der Waals surface area contributed by atoms with E-state index in [-0.39, 0.29) is 24.3 Å². The molecular weight excluding hydrogens is 364 g/mol. The molecule has 1 aromatic rings. The number of halogens is 1. The van der Waals surface area contributed by atoms with E-state index in [0.29, 0.717) is 12.0 Å². The van der Waals surface area contributed by atoms with Gasteiger partial charge in [-0.1, -0.05) is 52.8 Å². The van der Waals surface area contributed by atoms with Crippen molar-refractivity contribution in [2.45, 2.75) is 31.0 Å². The minimum Gasteiger partial charge on any atom is -0.461 e. The zero-order valence-corrected chi connectivity index (χ0v) is 14.5. The maximum Gasteiger partial charge on any atom is 0.333 e. The molecule has 0 spiro atoms. The third-order valence-corrected chi connectivity index (χ3v) is 3.55. The first-order valence-corrected chi connectivity index (χ1v) is 8.04. The van der Waals surface area contributed by atoms with Gasteiger partial charge in [0.25, 0.3) is 0 Å². The minimum absolute atomic E-state index is 0.0561. The number of esters is 3. The molecule has 0 aromatic heterocycles. The molecule has 1 unspecified atom stereocenters. The normalized spacial score (nSPS) is 11.4. The van der Waals surface area contributed by atoms with Gasteiger partial charge in [0.05, 0.1) is 6.42 Å². The fraction of sp³-hybridized carbons (Fsp3) is 0.353. The van der Waals surface area contributed by atoms with Crippen LogP contribution in [0.15, 0.2) is 42.5 Å². The summed E-state index contributed by atoms with van der Waals surface area (Å²) in [6.45, 7) is 5.15. The van der Waals surface area contributed by atoms with E-state index in [4.69, 9.17) is 9.47 Å². The summed E-state index contributed by atoms with van der Waals surface area (Å²) in [6, 6.07) is 9.04. The zero-order valence-electron chi connectivity index (χ0n) is 12.9. The first-order chi connectivity index (χ1) is 10.9. The molecule has 0 N–H and O–H groups in total. The van der Waals surface area contributed by atoms with Crippen LogP contribution in [0.4, 0.5) is 0 Å². The molecule has 1 atom stereocenters. The number of rotatable bonds is 8. The molecule has 0 fully saturated rings. The van der Waals surface area contributed by atoms with Crippen molar-refractivity contribution in [1.29, 1.82) is 0 Å². The van der Waals surface area contributed by atoms with Crippen molar-refractivity contribution >= 4 is 33.8 Å². The molecule has 6 heteroatoms. The first kappa shape index (κ1) is 19.1. The Morgan fingerprint density at radius 2 is 1.83 bits per heavy atom. The molecule has 0 aliphatic rings. The molecule has 0 saturated carbocycles. The molecule has 0 saturated heterocycles. The predicted molar refractivity (Wildman–Crippen MR) is 89.0 cm³/mol. The summed E-state index contributed by atoms with van der Waals surface area (Å²) in [5.74, 6) is -1.65. The average molecular weight is 383 g/mol. The van der Waals surface area contributed by atoms with Crippen LogP contribution in [0.1, 0.15) is 25.3 Å². The van der Waals surface area contributed by atoms with Gasteiger partial charge in [-0.15, -0.1) is 0 Å². The van der Waals surface area contributed by atoms with Crippen LogP contribution < -0.4 is 0 Å². The largest absolute Gasteiger partial charge is 0.461 e. The molecule has 0 amide bonds. The van der Waals surface area contributed by atoms with Gasteiger partial charge in [0.15, 0.2) is 0 Å². The molecule has 1 rings (SSSR count). The molecule has 0 radical (unpaired) electrons. The summed E-state index contributed by atoms with van der Waals surface area (Å²) >= 11 is 3.30. The number of carbonyl (C=O) groups excluding carboxylic acids is 3. The van der Waals surface area contributed by atoms with Gasteiger partial charge in [-0.25, -0.2) is 4.79 Å². The molecule has 124 valence electrons. The number of alkyl halides is 1. The van der Waals surface area contributed by atoms with E-state index in [1.165, 1.54) is 0 Å². The van der Waals surface area contributed by atoms with Crippen LogP contribution in [0, 0.1) is 0 Å². The smallest absolute Gasteiger partial charge is 0.333 e. The third kappa shape index (κ3) is 8.30. The predicted octanol–water partition coefficient (Wildman–Crippen LogP) is 2.96. The Labute approximate surface area is 143 Å². The Balaban J connectivity index is 2.24. The Hall–Kier alpha value is -1.95. The lowest BCUT2D eigenvalue weighted by Crippen LogP contribution is -2.18. The molecule has 0 heterocycles. The molecular formula is C17H19BrO5. The maximum atomic E-state index is 11.6. The standard InChI is InChI=1S/C17H19BrO5/c1-12(2)17(21)22-11-14(18)8-9-15(19)23-16(20)10-13-6-4-3-5-7-13/h3-7,14H,1,8-11H2,2H3. The topological polar surface area (TPSA) is 69.7 Å². The van der Waals surface area contributed by atoms with E-state index in [0.717, 1.165) is 5.56 Å². The zero-order chi connectivity index (χ0) is 17.2. The fourth-order valence-electron chi connectivity index (χ4n) is 1.62. The number of benzene rings is 1. The minimum atomic E-state index is -0.596. The third-order valence-electron chi connectivity index (χ3n) is 2.82. The number of ether oxygens (including phenoxy) is 2. The molecule has 23 heavy (non-hydrogen) atoms. The van der Waals surface area contributed by atoms with Crippen molar-refractivity contribution in [2.24, 2.45) is 0 Å². The molecule has 0 bridgehead atoms. The van der Waals surface area contributed by atoms with Crippen LogP contribution >= 0.6 is 15.9 Å². The van der Waals surface area contributed by atoms with Gasteiger partial charge in [0.2, 0.25) is 0 Å². The molecule has 0 aliphatic heterocycles. The Bertz CT molecular complexity index is 568. The van der Waals surface area contributed by atoms with E-state index < -0.39 is 17.9 Å². The van der Waals surface area contributed by atoms with Crippen molar-refractivity contribution in [3.63, 3.8) is 0 Å². The Kier molecular flexibility index (Phi) is 8.26. The van der Waals surface area contributed by atoms with E-state index >= 15 is 0 Å². The highest BCUT2D eigenvalue weighted by Crippen LogP contribution is 2.11. The molecule has 5 nitrogen and oxygen atoms in total. The SMILES string of the molecule is C=C(C)C(=O)OCC(Br)CCC(=O)OC(=O)Cc1ccccc1. The lowest BCUT2D eigenvalue weighted by Gasteiger charge is -2.10. The van der Waals surface area contributed by atoms with Gasteiger partial charge in [0, 0.05) is 16.8 Å². The summed E-state index contributed by atoms with van der Waals surface area (Å²) in [5.41, 5.74) is 1.10. The van der Waals surface area contributed by atoms with E-state index in [2.05, 4.69) is 22.5 Å². The highest BCUT2D eigenvalue weighted by atomic mass is 79.9. The van der Waals surface area contributed by atoms with Crippen molar-refractivity contribution in [3.8, 4) is 0 Å². The summed E-state index contributed by atoms with van der Waals surface area (Å²) in [5, 5.41) is 0. The fourth-order valence-corrected chi connectivity index (χ4v) is 1.98. The average Bonchev–Trinajstić information content (AvgIpc) is 2.51. The number of hydrogen-bond acceptors (Lipinski definition) is 5. The van der Waals surface area contributed by atoms with Crippen LogP contribution in [-0.2, 0) is 30.3 Å². The highest BCUT2D eigenvalue weighted by Gasteiger charge is 2.15. The van der Waals surface area contributed by atoms with Crippen LogP contribution in [0.25, 0.3) is 0 Å². The monoisotopic (exact) mass is 382 g/mol. The highest BCUT2D eigenvalue weighted by molar-refractivity contribution is 9.09. The van der Waals surface area contributed by atoms with Crippen molar-refractivity contribution in [1.82, 2.24) is 0 Å². The summed E-state index contributed by atoms with van der Waals surface area (Å²) in [6.07, 6.45) is 0.503. The second kappa shape index (κ2) is 9.94. The second-order valence-corrected chi connectivity index (χ2v) is 6.32. The lowest BCUT2D eigenvalue weighted by molar-refractivity contribution is -0.159. The summed E-state index contributed by atoms with van der Waals surface area (Å²) < 4.78 is 9.70. The van der Waals surface area contributed by atoms with Gasteiger partial charge >= 0.3 is 17.9 Å². The molecule has 0 aliphatic carbocycles. The van der Waals surface area contributed by atoms with Gasteiger partial charge in [-0.3, -0.25) is 9.59 Å². The first-order valence-electron chi connectivity index (χ1n) is 7.12. The Morgan fingerprint density at radius 1 is 1.17 bits per heavy atom. The lowest BCUT2D eigenvalue weighted by atomic mass is 10.1. The van der Waals surface area contributed by atoms with Crippen LogP contribution in [-0.4, -0.2) is 29.3 Å². The van der Waals surface area contributed by atoms with Gasteiger partial charge in [-0.2, -0.15) is 0 Å². The van der Waals surface area contributed by atoms with Crippen LogP contribution in [0.2, 0.25) is 0 Å². The quantitative estimate of drug-likeness (QED) is 0.299. The van der Waals surface area contributed by atoms with Gasteiger partial charge < -0.3 is 9.47 Å². The molecule has 1 aromatic carbocycles. The number of hydrogen-bond donors (Lipinski definition) is 0. The van der Waals surface area contributed by atoms with E-state index in [1.807, 2.05) is 18.2 Å². The van der Waals surface area contributed by atoms with Gasteiger partial charge in [-0.05, 0) is 18.9 Å². The van der Waals surface area contributed by atoms with Crippen LogP contribution in [0.3, 0.4) is 0 Å². The van der Waals surface area contributed by atoms with Gasteiger partial charge in [0.1, 0.15) is 6.61 Å². The summed E-state index contributed by atoms with van der Waals surface area (Å²) in [4.78, 5) is 34.3. The second-order valence-electron chi connectivity index (χ2n) is 5.02. The van der Waals surface area contributed by atoms with Crippen molar-refractivity contribution in [2.75, 3.05) is 6.61 Å². The Morgan fingerprint density at radius 3 is 2.43 bits per heavy atom. The van der Waals surface area contributed by atoms with Crippen LogP contribution in [0.5, 0.6) is 0 Å². The van der Waals surface area contributed by atoms with E-state index in [1.54, 1.807) is 19.1 Å². The number of carbonyl (C=O) groups is 3. The summed E-state index contributed by atoms with van der Waals surface area (Å²) in [7, 11) is 0. The van der Waals surface area contributed by atoms with E-state index in [9.17, 15) is 14.4 Å². The van der Waals surface area contributed by atoms with Crippen molar-refractivity contribution < 1.29 is 23.9 Å². The van der Waals surface area contributed by atoms with Crippen molar-refractivity contribution in [3.05, 3.63) is 48.0 Å². The maximum absolute atomic E-state index is 11.6.